The summed E-state index contributed by atoms with van der Waals surface area (Å²) in [4.78, 5) is 21.1. The predicted octanol–water partition coefficient (Wildman–Crippen LogP) is 4.89. The lowest BCUT2D eigenvalue weighted by molar-refractivity contribution is -0.136. The first kappa shape index (κ1) is 24.4. The Bertz CT molecular complexity index is 1380. The Morgan fingerprint density at radius 3 is 2.31 bits per heavy atom. The lowest BCUT2D eigenvalue weighted by atomic mass is 10.1. The highest BCUT2D eigenvalue weighted by Crippen LogP contribution is 2.31. The molecule has 2 aromatic carbocycles. The third-order valence-electron chi connectivity index (χ3n) is 6.45. The molecular weight excluding hydrogens is 486 g/mol. The highest BCUT2D eigenvalue weighted by Gasteiger charge is 2.24. The van der Waals surface area contributed by atoms with E-state index in [2.05, 4.69) is 4.90 Å². The SMILES string of the molecule is COCC(=O)N1CCN(Cc2c(-c3ccc(Cl)cc3)nc3ccc(-c4c(F)cccc4F)cn23)CC1. The molecule has 1 aliphatic rings. The van der Waals surface area contributed by atoms with E-state index in [9.17, 15) is 13.6 Å². The number of methoxy groups -OCH3 is 1. The van der Waals surface area contributed by atoms with Gasteiger partial charge >= 0.3 is 0 Å². The van der Waals surface area contributed by atoms with Crippen LogP contribution in [0, 0.1) is 11.6 Å². The number of carbonyl (C=O) groups excluding carboxylic acids is 1. The van der Waals surface area contributed by atoms with Crippen molar-refractivity contribution in [2.24, 2.45) is 0 Å². The molecule has 186 valence electrons. The van der Waals surface area contributed by atoms with Gasteiger partial charge in [0, 0.05) is 62.2 Å². The summed E-state index contributed by atoms with van der Waals surface area (Å²) in [5.74, 6) is -1.26. The highest BCUT2D eigenvalue weighted by atomic mass is 35.5. The van der Waals surface area contributed by atoms with Crippen molar-refractivity contribution in [3.63, 3.8) is 0 Å². The van der Waals surface area contributed by atoms with E-state index in [1.54, 1.807) is 23.2 Å². The smallest absolute Gasteiger partial charge is 0.248 e. The van der Waals surface area contributed by atoms with Gasteiger partial charge in [-0.05, 0) is 36.4 Å². The van der Waals surface area contributed by atoms with Crippen molar-refractivity contribution in [1.29, 1.82) is 0 Å². The second-order valence-corrected chi connectivity index (χ2v) is 9.18. The zero-order valence-corrected chi connectivity index (χ0v) is 20.5. The van der Waals surface area contributed by atoms with Crippen LogP contribution in [0.25, 0.3) is 28.0 Å². The number of hydrogen-bond donors (Lipinski definition) is 0. The molecule has 9 heteroatoms. The van der Waals surface area contributed by atoms with Gasteiger partial charge in [-0.15, -0.1) is 0 Å². The molecule has 1 amide bonds. The minimum absolute atomic E-state index is 0.0228. The summed E-state index contributed by atoms with van der Waals surface area (Å²) in [5.41, 5.74) is 3.58. The molecule has 4 aromatic rings. The number of halogens is 3. The van der Waals surface area contributed by atoms with Crippen molar-refractivity contribution in [2.45, 2.75) is 6.54 Å². The van der Waals surface area contributed by atoms with E-state index in [1.165, 1.54) is 25.3 Å². The molecule has 1 saturated heterocycles. The Kier molecular flexibility index (Phi) is 7.00. The van der Waals surface area contributed by atoms with Gasteiger partial charge in [0.1, 0.15) is 23.9 Å². The third kappa shape index (κ3) is 4.84. The Balaban J connectivity index is 1.53. The quantitative estimate of drug-likeness (QED) is 0.370. The molecule has 5 rings (SSSR count). The van der Waals surface area contributed by atoms with Crippen LogP contribution in [0.4, 0.5) is 8.78 Å². The summed E-state index contributed by atoms with van der Waals surface area (Å²) in [7, 11) is 1.51. The van der Waals surface area contributed by atoms with Gasteiger partial charge in [0.05, 0.1) is 17.0 Å². The van der Waals surface area contributed by atoms with Gasteiger partial charge in [0.15, 0.2) is 0 Å². The molecule has 0 bridgehead atoms. The second-order valence-electron chi connectivity index (χ2n) is 8.75. The standard InChI is InChI=1S/C27H25ClF2N4O2/c1-36-17-25(35)33-13-11-32(12-14-33)16-23-27(18-5-8-20(28)9-6-18)31-24-10-7-19(15-34(23)24)26-21(29)3-2-4-22(26)30/h2-10,15H,11-14,16-17H2,1H3. The van der Waals surface area contributed by atoms with E-state index in [-0.39, 0.29) is 18.1 Å². The molecule has 3 heterocycles. The van der Waals surface area contributed by atoms with Crippen LogP contribution >= 0.6 is 11.6 Å². The highest BCUT2D eigenvalue weighted by molar-refractivity contribution is 6.30. The fraction of sp³-hybridized carbons (Fsp3) is 0.259. The molecule has 1 fully saturated rings. The van der Waals surface area contributed by atoms with Gasteiger partial charge < -0.3 is 14.0 Å². The van der Waals surface area contributed by atoms with Crippen LogP contribution in [0.5, 0.6) is 0 Å². The average Bonchev–Trinajstić information content (AvgIpc) is 3.22. The number of aromatic nitrogens is 2. The minimum atomic E-state index is -0.620. The molecule has 0 N–H and O–H groups in total. The molecule has 0 radical (unpaired) electrons. The second kappa shape index (κ2) is 10.3. The number of ether oxygens (including phenoxy) is 1. The normalized spacial score (nSPS) is 14.5. The number of hydrogen-bond acceptors (Lipinski definition) is 4. The number of amides is 1. The number of carbonyl (C=O) groups is 1. The topological polar surface area (TPSA) is 50.1 Å². The lowest BCUT2D eigenvalue weighted by Crippen LogP contribution is -2.49. The maximum atomic E-state index is 14.5. The molecule has 0 unspecified atom stereocenters. The Labute approximate surface area is 212 Å². The molecule has 0 saturated carbocycles. The zero-order valence-electron chi connectivity index (χ0n) is 19.8. The number of imidazole rings is 1. The molecule has 1 aliphatic heterocycles. The molecule has 0 atom stereocenters. The van der Waals surface area contributed by atoms with E-state index in [4.69, 9.17) is 21.3 Å². The monoisotopic (exact) mass is 510 g/mol. The summed E-state index contributed by atoms with van der Waals surface area (Å²) in [6.07, 6.45) is 1.73. The number of nitrogens with zero attached hydrogens (tertiary/aromatic N) is 4. The molecule has 2 aromatic heterocycles. The number of fused-ring (bicyclic) bond motifs is 1. The average molecular weight is 511 g/mol. The molecule has 0 spiro atoms. The largest absolute Gasteiger partial charge is 0.375 e. The fourth-order valence-corrected chi connectivity index (χ4v) is 4.71. The lowest BCUT2D eigenvalue weighted by Gasteiger charge is -2.34. The van der Waals surface area contributed by atoms with Gasteiger partial charge in [-0.1, -0.05) is 29.8 Å². The Morgan fingerprint density at radius 1 is 0.972 bits per heavy atom. The van der Waals surface area contributed by atoms with Crippen molar-refractivity contribution in [3.8, 4) is 22.4 Å². The Hall–Kier alpha value is -3.33. The van der Waals surface area contributed by atoms with Crippen molar-refractivity contribution in [2.75, 3.05) is 39.9 Å². The van der Waals surface area contributed by atoms with Crippen molar-refractivity contribution >= 4 is 23.2 Å². The summed E-state index contributed by atoms with van der Waals surface area (Å²) < 4.78 is 36.0. The van der Waals surface area contributed by atoms with Gasteiger partial charge in [0.25, 0.3) is 0 Å². The van der Waals surface area contributed by atoms with Crippen LogP contribution < -0.4 is 0 Å². The van der Waals surface area contributed by atoms with Gasteiger partial charge in [-0.2, -0.15) is 0 Å². The van der Waals surface area contributed by atoms with E-state index in [0.717, 1.165) is 17.0 Å². The predicted molar refractivity (Wildman–Crippen MR) is 135 cm³/mol. The van der Waals surface area contributed by atoms with Gasteiger partial charge in [-0.25, -0.2) is 13.8 Å². The summed E-state index contributed by atoms with van der Waals surface area (Å²) in [6.45, 7) is 3.19. The number of rotatable bonds is 6. The van der Waals surface area contributed by atoms with Crippen molar-refractivity contribution in [3.05, 3.63) is 83.1 Å². The first-order chi connectivity index (χ1) is 17.4. The number of benzene rings is 2. The summed E-state index contributed by atoms with van der Waals surface area (Å²) >= 11 is 6.11. The fourth-order valence-electron chi connectivity index (χ4n) is 4.59. The van der Waals surface area contributed by atoms with E-state index in [0.29, 0.717) is 49.0 Å². The van der Waals surface area contributed by atoms with Crippen LogP contribution in [-0.4, -0.2) is 65.0 Å². The summed E-state index contributed by atoms with van der Waals surface area (Å²) in [5, 5.41) is 0.623. The first-order valence-corrected chi connectivity index (χ1v) is 12.0. The van der Waals surface area contributed by atoms with Crippen LogP contribution in [0.1, 0.15) is 5.69 Å². The summed E-state index contributed by atoms with van der Waals surface area (Å²) in [6, 6.07) is 14.7. The first-order valence-electron chi connectivity index (χ1n) is 11.6. The van der Waals surface area contributed by atoms with Crippen molar-refractivity contribution in [1.82, 2.24) is 19.2 Å². The third-order valence-corrected chi connectivity index (χ3v) is 6.70. The number of pyridine rings is 1. The van der Waals surface area contributed by atoms with Crippen LogP contribution in [0.2, 0.25) is 5.02 Å². The maximum absolute atomic E-state index is 14.5. The van der Waals surface area contributed by atoms with Gasteiger partial charge in [0.2, 0.25) is 5.91 Å². The van der Waals surface area contributed by atoms with Crippen LogP contribution in [-0.2, 0) is 16.1 Å². The van der Waals surface area contributed by atoms with E-state index >= 15 is 0 Å². The van der Waals surface area contributed by atoms with Gasteiger partial charge in [-0.3, -0.25) is 9.69 Å². The zero-order chi connectivity index (χ0) is 25.2. The molecular formula is C27H25ClF2N4O2. The number of piperazine rings is 1. The minimum Gasteiger partial charge on any atom is -0.375 e. The van der Waals surface area contributed by atoms with E-state index in [1.807, 2.05) is 28.7 Å². The maximum Gasteiger partial charge on any atom is 0.248 e. The van der Waals surface area contributed by atoms with Crippen molar-refractivity contribution < 1.29 is 18.3 Å². The van der Waals surface area contributed by atoms with Crippen LogP contribution in [0.15, 0.2) is 60.8 Å². The molecule has 36 heavy (non-hydrogen) atoms. The van der Waals surface area contributed by atoms with E-state index < -0.39 is 11.6 Å². The molecule has 6 nitrogen and oxygen atoms in total. The Morgan fingerprint density at radius 2 is 1.64 bits per heavy atom. The van der Waals surface area contributed by atoms with Crippen LogP contribution in [0.3, 0.4) is 0 Å². The molecule has 0 aliphatic carbocycles.